The maximum absolute atomic E-state index is 12.1. The number of carbonyl (C=O) groups is 2. The lowest BCUT2D eigenvalue weighted by Crippen LogP contribution is -2.35. The number of carbonyl (C=O) groups excluding carboxylic acids is 2. The van der Waals surface area contributed by atoms with Gasteiger partial charge in [0.2, 0.25) is 0 Å². The number of morpholine rings is 1. The van der Waals surface area contributed by atoms with Crippen molar-refractivity contribution in [1.29, 1.82) is 0 Å². The van der Waals surface area contributed by atoms with E-state index in [0.717, 1.165) is 35.6 Å². The molecule has 0 spiro atoms. The molecule has 2 amide bonds. The molecule has 0 atom stereocenters. The van der Waals surface area contributed by atoms with E-state index >= 15 is 0 Å². The summed E-state index contributed by atoms with van der Waals surface area (Å²) in [4.78, 5) is 27.5. The van der Waals surface area contributed by atoms with Gasteiger partial charge in [0.05, 0.1) is 18.1 Å². The number of rotatable bonds is 4. The minimum Gasteiger partial charge on any atom is -0.441 e. The predicted octanol–water partition coefficient (Wildman–Crippen LogP) is 2.34. The first kappa shape index (κ1) is 14.9. The van der Waals surface area contributed by atoms with Crippen molar-refractivity contribution in [2.75, 3.05) is 37.7 Å². The third kappa shape index (κ3) is 2.95. The summed E-state index contributed by atoms with van der Waals surface area (Å²) in [6, 6.07) is 3.66. The zero-order valence-electron chi connectivity index (χ0n) is 12.0. The molecule has 0 bridgehead atoms. The van der Waals surface area contributed by atoms with Crippen molar-refractivity contribution < 1.29 is 18.7 Å². The van der Waals surface area contributed by atoms with E-state index in [1.807, 2.05) is 6.07 Å². The van der Waals surface area contributed by atoms with Crippen LogP contribution in [0.2, 0.25) is 0 Å². The molecule has 7 heteroatoms. The lowest BCUT2D eigenvalue weighted by Gasteiger charge is -2.26. The molecule has 116 valence electrons. The van der Waals surface area contributed by atoms with E-state index in [-0.39, 0.29) is 17.7 Å². The minimum atomic E-state index is -0.306. The van der Waals surface area contributed by atoms with E-state index in [4.69, 9.17) is 9.15 Å². The number of imide groups is 1. The highest BCUT2D eigenvalue weighted by Gasteiger charge is 2.34. The Balaban J connectivity index is 1.75. The quantitative estimate of drug-likeness (QED) is 0.627. The second-order valence-electron chi connectivity index (χ2n) is 4.86. The van der Waals surface area contributed by atoms with Gasteiger partial charge < -0.3 is 14.1 Å². The largest absolute Gasteiger partial charge is 0.441 e. The number of furan rings is 1. The molecule has 2 aliphatic heterocycles. The van der Waals surface area contributed by atoms with Gasteiger partial charge in [-0.3, -0.25) is 14.5 Å². The number of anilines is 1. The summed E-state index contributed by atoms with van der Waals surface area (Å²) in [7, 11) is 0. The first-order valence-corrected chi connectivity index (χ1v) is 7.79. The molecule has 3 rings (SSSR count). The van der Waals surface area contributed by atoms with Crippen LogP contribution in [0, 0.1) is 0 Å². The molecular weight excluding hydrogens is 304 g/mol. The van der Waals surface area contributed by atoms with Gasteiger partial charge in [0.15, 0.2) is 5.88 Å². The van der Waals surface area contributed by atoms with E-state index < -0.39 is 0 Å². The van der Waals surface area contributed by atoms with Crippen LogP contribution in [0.4, 0.5) is 10.7 Å². The van der Waals surface area contributed by atoms with Gasteiger partial charge >= 0.3 is 0 Å². The first-order valence-electron chi connectivity index (χ1n) is 6.98. The molecular formula is C15H16N2O4S. The molecule has 0 unspecified atom stereocenters. The summed E-state index contributed by atoms with van der Waals surface area (Å²) >= 11 is 0.919. The molecule has 3 heterocycles. The monoisotopic (exact) mass is 320 g/mol. The predicted molar refractivity (Wildman–Crippen MR) is 84.6 cm³/mol. The normalized spacial score (nSPS) is 21.0. The van der Waals surface area contributed by atoms with Gasteiger partial charge in [0, 0.05) is 31.8 Å². The second-order valence-corrected chi connectivity index (χ2v) is 5.85. The fourth-order valence-electron chi connectivity index (χ4n) is 2.29. The van der Waals surface area contributed by atoms with Crippen molar-refractivity contribution in [3.05, 3.63) is 35.5 Å². The second kappa shape index (κ2) is 6.41. The number of ether oxygens (including phenoxy) is 1. The third-order valence-corrected chi connectivity index (χ3v) is 4.30. The zero-order valence-corrected chi connectivity index (χ0v) is 12.8. The number of nitrogens with zero attached hydrogens (tertiary/aromatic N) is 2. The summed E-state index contributed by atoms with van der Waals surface area (Å²) in [6.45, 7) is 6.68. The lowest BCUT2D eigenvalue weighted by molar-refractivity contribution is -0.122. The van der Waals surface area contributed by atoms with E-state index in [0.29, 0.717) is 23.9 Å². The molecule has 6 nitrogen and oxygen atoms in total. The Kier molecular flexibility index (Phi) is 4.35. The highest BCUT2D eigenvalue weighted by molar-refractivity contribution is 8.18. The summed E-state index contributed by atoms with van der Waals surface area (Å²) in [5.74, 6) is 1.00. The summed E-state index contributed by atoms with van der Waals surface area (Å²) in [5.41, 5.74) is 0. The Morgan fingerprint density at radius 1 is 1.27 bits per heavy atom. The van der Waals surface area contributed by atoms with Crippen molar-refractivity contribution >= 4 is 34.9 Å². The molecule has 2 aliphatic rings. The number of hydrogen-bond acceptors (Lipinski definition) is 6. The van der Waals surface area contributed by atoms with E-state index in [1.54, 1.807) is 12.1 Å². The van der Waals surface area contributed by atoms with Crippen molar-refractivity contribution in [2.45, 2.75) is 0 Å². The fraction of sp³-hybridized carbons (Fsp3) is 0.333. The Morgan fingerprint density at radius 3 is 2.77 bits per heavy atom. The van der Waals surface area contributed by atoms with Crippen LogP contribution in [0.3, 0.4) is 0 Å². The molecule has 2 fully saturated rings. The molecule has 1 aromatic rings. The van der Waals surface area contributed by atoms with Crippen molar-refractivity contribution in [3.8, 4) is 0 Å². The van der Waals surface area contributed by atoms with Gasteiger partial charge in [-0.25, -0.2) is 0 Å². The minimum absolute atomic E-state index is 0.221. The zero-order chi connectivity index (χ0) is 15.5. The Morgan fingerprint density at radius 2 is 2.05 bits per heavy atom. The van der Waals surface area contributed by atoms with Crippen LogP contribution in [0.5, 0.6) is 0 Å². The highest BCUT2D eigenvalue weighted by Crippen LogP contribution is 2.33. The molecule has 0 aliphatic carbocycles. The third-order valence-electron chi connectivity index (χ3n) is 3.39. The Bertz CT molecular complexity index is 631. The molecule has 1 aromatic heterocycles. The summed E-state index contributed by atoms with van der Waals surface area (Å²) in [5, 5.41) is -0.281. The van der Waals surface area contributed by atoms with Crippen LogP contribution in [-0.2, 0) is 9.53 Å². The first-order chi connectivity index (χ1) is 10.7. The molecule has 0 radical (unpaired) electrons. The van der Waals surface area contributed by atoms with Gasteiger partial charge in [0.25, 0.3) is 11.1 Å². The molecule has 0 saturated carbocycles. The van der Waals surface area contributed by atoms with E-state index in [9.17, 15) is 9.59 Å². The highest BCUT2D eigenvalue weighted by atomic mass is 32.2. The molecule has 22 heavy (non-hydrogen) atoms. The number of amides is 2. The van der Waals surface area contributed by atoms with Crippen LogP contribution >= 0.6 is 11.8 Å². The van der Waals surface area contributed by atoms with Crippen molar-refractivity contribution in [3.63, 3.8) is 0 Å². The number of hydrogen-bond donors (Lipinski definition) is 0. The summed E-state index contributed by atoms with van der Waals surface area (Å²) < 4.78 is 11.0. The SMILES string of the molecule is C=CCN1C(=O)S/C(=C/c2ccc(N3CCOCC3)o2)C1=O. The molecule has 0 N–H and O–H groups in total. The van der Waals surface area contributed by atoms with Gasteiger partial charge in [-0.15, -0.1) is 6.58 Å². The smallest absolute Gasteiger partial charge is 0.293 e. The average molecular weight is 320 g/mol. The Labute approximate surface area is 132 Å². The fourth-order valence-corrected chi connectivity index (χ4v) is 3.12. The van der Waals surface area contributed by atoms with Crippen molar-refractivity contribution in [1.82, 2.24) is 4.90 Å². The van der Waals surface area contributed by atoms with Crippen LogP contribution < -0.4 is 4.90 Å². The molecule has 2 saturated heterocycles. The van der Waals surface area contributed by atoms with Gasteiger partial charge in [-0.1, -0.05) is 6.08 Å². The van der Waals surface area contributed by atoms with Crippen LogP contribution in [0.25, 0.3) is 6.08 Å². The topological polar surface area (TPSA) is 63.0 Å². The lowest BCUT2D eigenvalue weighted by atomic mass is 10.3. The average Bonchev–Trinajstić information content (AvgIpc) is 3.09. The van der Waals surface area contributed by atoms with E-state index in [1.165, 1.54) is 6.08 Å². The standard InChI is InChI=1S/C15H16N2O4S/c1-2-5-17-14(18)12(22-15(17)19)10-11-3-4-13(21-11)16-6-8-20-9-7-16/h2-4,10H,1,5-9H2/b12-10+. The summed E-state index contributed by atoms with van der Waals surface area (Å²) in [6.07, 6.45) is 3.14. The van der Waals surface area contributed by atoms with E-state index in [2.05, 4.69) is 11.5 Å². The van der Waals surface area contributed by atoms with Crippen LogP contribution in [-0.4, -0.2) is 48.9 Å². The maximum atomic E-state index is 12.1. The molecule has 0 aromatic carbocycles. The van der Waals surface area contributed by atoms with Gasteiger partial charge in [0.1, 0.15) is 5.76 Å². The van der Waals surface area contributed by atoms with Crippen LogP contribution in [0.15, 0.2) is 34.1 Å². The Hall–Kier alpha value is -1.99. The number of thioether (sulfide) groups is 1. The maximum Gasteiger partial charge on any atom is 0.293 e. The van der Waals surface area contributed by atoms with Crippen LogP contribution in [0.1, 0.15) is 5.76 Å². The van der Waals surface area contributed by atoms with Gasteiger partial charge in [-0.2, -0.15) is 0 Å². The van der Waals surface area contributed by atoms with Crippen molar-refractivity contribution in [2.24, 2.45) is 0 Å². The van der Waals surface area contributed by atoms with Gasteiger partial charge in [-0.05, 0) is 17.8 Å².